The third kappa shape index (κ3) is 3.41. The van der Waals surface area contributed by atoms with E-state index in [1.807, 2.05) is 36.4 Å². The van der Waals surface area contributed by atoms with Crippen molar-refractivity contribution in [3.05, 3.63) is 65.5 Å². The average molecular weight is 393 g/mol. The minimum Gasteiger partial charge on any atom is -0.421 e. The summed E-state index contributed by atoms with van der Waals surface area (Å²) >= 11 is 6.04. The quantitative estimate of drug-likeness (QED) is 0.490. The standard InChI is InChI=1S/C20H17ClN6O/c21-15-3-1-2-14(12-15)20-26-24-18(28-20)7-6-17-23-25-19(27(17)16-4-5-16)13-8-10-22-11-9-13/h1-3,8-12,16H,4-7H2. The third-order valence-corrected chi connectivity index (χ3v) is 4.95. The Labute approximate surface area is 166 Å². The number of aromatic nitrogens is 6. The predicted octanol–water partition coefficient (Wildman–Crippen LogP) is 4.16. The molecule has 7 nitrogen and oxygen atoms in total. The third-order valence-electron chi connectivity index (χ3n) is 4.72. The second kappa shape index (κ2) is 7.16. The first-order valence-corrected chi connectivity index (χ1v) is 9.58. The van der Waals surface area contributed by atoms with Crippen LogP contribution in [0.15, 0.2) is 53.2 Å². The van der Waals surface area contributed by atoms with Crippen molar-refractivity contribution < 1.29 is 4.42 Å². The number of pyridine rings is 1. The van der Waals surface area contributed by atoms with E-state index in [2.05, 4.69) is 29.9 Å². The summed E-state index contributed by atoms with van der Waals surface area (Å²) in [5, 5.41) is 17.8. The van der Waals surface area contributed by atoms with E-state index in [1.165, 1.54) is 0 Å². The molecule has 8 heteroatoms. The monoisotopic (exact) mass is 392 g/mol. The molecule has 0 N–H and O–H groups in total. The molecule has 1 saturated carbocycles. The highest BCUT2D eigenvalue weighted by Gasteiger charge is 2.30. The van der Waals surface area contributed by atoms with Gasteiger partial charge in [-0.15, -0.1) is 20.4 Å². The van der Waals surface area contributed by atoms with Crippen molar-refractivity contribution in [2.45, 2.75) is 31.7 Å². The first kappa shape index (κ1) is 17.1. The number of aryl methyl sites for hydroxylation is 2. The molecule has 140 valence electrons. The van der Waals surface area contributed by atoms with Crippen molar-refractivity contribution >= 4 is 11.6 Å². The first-order valence-electron chi connectivity index (χ1n) is 9.20. The van der Waals surface area contributed by atoms with Crippen LogP contribution in [0.5, 0.6) is 0 Å². The van der Waals surface area contributed by atoms with Gasteiger partial charge < -0.3 is 8.98 Å². The molecule has 0 amide bonds. The summed E-state index contributed by atoms with van der Waals surface area (Å²) in [4.78, 5) is 4.08. The number of nitrogens with zero attached hydrogens (tertiary/aromatic N) is 6. The molecule has 0 bridgehead atoms. The molecule has 3 aromatic heterocycles. The number of benzene rings is 1. The second-order valence-electron chi connectivity index (χ2n) is 6.79. The fourth-order valence-corrected chi connectivity index (χ4v) is 3.41. The summed E-state index contributed by atoms with van der Waals surface area (Å²) in [6.45, 7) is 0. The Kier molecular flexibility index (Phi) is 4.37. The van der Waals surface area contributed by atoms with Crippen LogP contribution in [0.25, 0.3) is 22.8 Å². The lowest BCUT2D eigenvalue weighted by Gasteiger charge is -2.08. The van der Waals surface area contributed by atoms with Crippen LogP contribution in [0, 0.1) is 0 Å². The molecule has 0 saturated heterocycles. The molecule has 5 rings (SSSR count). The highest BCUT2D eigenvalue weighted by atomic mass is 35.5. The van der Waals surface area contributed by atoms with E-state index in [4.69, 9.17) is 16.0 Å². The van der Waals surface area contributed by atoms with Gasteiger partial charge in [-0.25, -0.2) is 0 Å². The molecule has 28 heavy (non-hydrogen) atoms. The minimum absolute atomic E-state index is 0.470. The highest BCUT2D eigenvalue weighted by Crippen LogP contribution is 2.39. The van der Waals surface area contributed by atoms with E-state index < -0.39 is 0 Å². The Balaban J connectivity index is 1.36. The van der Waals surface area contributed by atoms with Crippen molar-refractivity contribution in [3.63, 3.8) is 0 Å². The number of hydrogen-bond acceptors (Lipinski definition) is 6. The van der Waals surface area contributed by atoms with Crippen molar-refractivity contribution in [1.29, 1.82) is 0 Å². The normalized spacial score (nSPS) is 13.8. The molecule has 0 spiro atoms. The predicted molar refractivity (Wildman–Crippen MR) is 104 cm³/mol. The Morgan fingerprint density at radius 3 is 2.61 bits per heavy atom. The van der Waals surface area contributed by atoms with Crippen molar-refractivity contribution in [2.75, 3.05) is 0 Å². The van der Waals surface area contributed by atoms with Crippen LogP contribution in [0.2, 0.25) is 5.02 Å². The molecular weight excluding hydrogens is 376 g/mol. The maximum atomic E-state index is 6.04. The summed E-state index contributed by atoms with van der Waals surface area (Å²) in [5.74, 6) is 2.88. The smallest absolute Gasteiger partial charge is 0.247 e. The summed E-state index contributed by atoms with van der Waals surface area (Å²) in [6.07, 6.45) is 7.15. The van der Waals surface area contributed by atoms with E-state index >= 15 is 0 Å². The summed E-state index contributed by atoms with van der Waals surface area (Å²) < 4.78 is 8.05. The topological polar surface area (TPSA) is 82.5 Å². The van der Waals surface area contributed by atoms with Crippen molar-refractivity contribution in [1.82, 2.24) is 29.9 Å². The van der Waals surface area contributed by atoms with Crippen LogP contribution in [0.4, 0.5) is 0 Å². The van der Waals surface area contributed by atoms with Gasteiger partial charge in [-0.05, 0) is 43.2 Å². The van der Waals surface area contributed by atoms with Crippen LogP contribution in [-0.2, 0) is 12.8 Å². The van der Waals surface area contributed by atoms with Gasteiger partial charge in [0.05, 0.1) is 0 Å². The van der Waals surface area contributed by atoms with E-state index in [9.17, 15) is 0 Å². The Morgan fingerprint density at radius 2 is 1.82 bits per heavy atom. The van der Waals surface area contributed by atoms with Crippen molar-refractivity contribution in [3.8, 4) is 22.8 Å². The fourth-order valence-electron chi connectivity index (χ4n) is 3.22. The zero-order valence-electron chi connectivity index (χ0n) is 15.0. The molecule has 0 aliphatic heterocycles. The highest BCUT2D eigenvalue weighted by molar-refractivity contribution is 6.30. The van der Waals surface area contributed by atoms with Gasteiger partial charge in [0.1, 0.15) is 5.82 Å². The average Bonchev–Trinajstić information content (AvgIpc) is 3.29. The Bertz CT molecular complexity index is 1100. The molecular formula is C20H17ClN6O. The van der Waals surface area contributed by atoms with E-state index in [1.54, 1.807) is 12.4 Å². The SMILES string of the molecule is Clc1cccc(-c2nnc(CCc3nnc(-c4ccncc4)n3C3CC3)o2)c1. The fraction of sp³-hybridized carbons (Fsp3) is 0.250. The van der Waals surface area contributed by atoms with E-state index in [-0.39, 0.29) is 0 Å². The van der Waals surface area contributed by atoms with Crippen molar-refractivity contribution in [2.24, 2.45) is 0 Å². The molecule has 0 unspecified atom stereocenters. The summed E-state index contributed by atoms with van der Waals surface area (Å²) in [7, 11) is 0. The lowest BCUT2D eigenvalue weighted by molar-refractivity contribution is 0.499. The zero-order valence-corrected chi connectivity index (χ0v) is 15.8. The van der Waals surface area contributed by atoms with Crippen LogP contribution in [0.1, 0.15) is 30.6 Å². The maximum Gasteiger partial charge on any atom is 0.247 e. The van der Waals surface area contributed by atoms with Gasteiger partial charge in [0.2, 0.25) is 11.8 Å². The molecule has 1 fully saturated rings. The first-order chi connectivity index (χ1) is 13.8. The second-order valence-corrected chi connectivity index (χ2v) is 7.22. The summed E-state index contributed by atoms with van der Waals surface area (Å²) in [6, 6.07) is 11.8. The van der Waals surface area contributed by atoms with E-state index in [0.29, 0.717) is 35.7 Å². The molecule has 1 aliphatic carbocycles. The lowest BCUT2D eigenvalue weighted by Crippen LogP contribution is -2.05. The van der Waals surface area contributed by atoms with Gasteiger partial charge in [0.25, 0.3) is 0 Å². The number of hydrogen-bond donors (Lipinski definition) is 0. The van der Waals surface area contributed by atoms with Crippen LogP contribution in [0.3, 0.4) is 0 Å². The van der Waals surface area contributed by atoms with Gasteiger partial charge in [0.15, 0.2) is 5.82 Å². The molecule has 0 atom stereocenters. The maximum absolute atomic E-state index is 6.04. The van der Waals surface area contributed by atoms with Gasteiger partial charge in [-0.2, -0.15) is 0 Å². The van der Waals surface area contributed by atoms with Gasteiger partial charge in [0, 0.05) is 47.4 Å². The zero-order chi connectivity index (χ0) is 18.9. The molecule has 0 radical (unpaired) electrons. The number of rotatable bonds is 6. The molecule has 3 heterocycles. The Morgan fingerprint density at radius 1 is 0.964 bits per heavy atom. The summed E-state index contributed by atoms with van der Waals surface area (Å²) in [5.41, 5.74) is 1.84. The van der Waals surface area contributed by atoms with Gasteiger partial charge in [-0.3, -0.25) is 4.98 Å². The Hall–Kier alpha value is -3.06. The molecule has 1 aliphatic rings. The lowest BCUT2D eigenvalue weighted by atomic mass is 10.2. The largest absolute Gasteiger partial charge is 0.421 e. The van der Waals surface area contributed by atoms with E-state index in [0.717, 1.165) is 35.6 Å². The van der Waals surface area contributed by atoms with Crippen LogP contribution < -0.4 is 0 Å². The van der Waals surface area contributed by atoms with Gasteiger partial charge >= 0.3 is 0 Å². The molecule has 4 aromatic rings. The van der Waals surface area contributed by atoms with Crippen LogP contribution >= 0.6 is 11.6 Å². The minimum atomic E-state index is 0.470. The number of halogens is 1. The van der Waals surface area contributed by atoms with Gasteiger partial charge in [-0.1, -0.05) is 17.7 Å². The molecule has 1 aromatic carbocycles. The van der Waals surface area contributed by atoms with Crippen LogP contribution in [-0.4, -0.2) is 29.9 Å².